The van der Waals surface area contributed by atoms with Crippen LogP contribution in [0.15, 0.2) is 52.5 Å². The van der Waals surface area contributed by atoms with E-state index in [9.17, 15) is 9.59 Å². The Morgan fingerprint density at radius 1 is 1.14 bits per heavy atom. The van der Waals surface area contributed by atoms with Crippen LogP contribution in [0.3, 0.4) is 0 Å². The van der Waals surface area contributed by atoms with Gasteiger partial charge in [-0.15, -0.1) is 11.3 Å². The molecule has 0 aliphatic carbocycles. The van der Waals surface area contributed by atoms with Crippen LogP contribution < -0.4 is 10.2 Å². The van der Waals surface area contributed by atoms with Crippen molar-refractivity contribution in [1.29, 1.82) is 0 Å². The first-order valence-corrected chi connectivity index (χ1v) is 10.4. The molecule has 1 aliphatic rings. The van der Waals surface area contributed by atoms with E-state index in [1.807, 2.05) is 29.2 Å². The van der Waals surface area contributed by atoms with Crippen molar-refractivity contribution in [3.05, 3.63) is 64.5 Å². The molecule has 0 bridgehead atoms. The standard InChI is InChI=1S/C20H19ClN4O3S/c21-14-3-5-16(6-4-14)24-7-9-25(10-8-24)18(26)12-15-13-29-20(22-15)23-19(27)17-2-1-11-28-17/h1-6,11,13H,7-10,12H2,(H,22,23,27). The Balaban J connectivity index is 1.28. The number of aromatic nitrogens is 1. The number of nitrogens with one attached hydrogen (secondary N) is 1. The summed E-state index contributed by atoms with van der Waals surface area (Å²) in [5, 5.41) is 5.63. The maximum absolute atomic E-state index is 12.6. The van der Waals surface area contributed by atoms with Gasteiger partial charge in [-0.1, -0.05) is 11.6 Å². The largest absolute Gasteiger partial charge is 0.459 e. The zero-order chi connectivity index (χ0) is 20.2. The molecular weight excluding hydrogens is 412 g/mol. The molecule has 1 N–H and O–H groups in total. The third kappa shape index (κ3) is 4.78. The van der Waals surface area contributed by atoms with Gasteiger partial charge >= 0.3 is 0 Å². The number of rotatable bonds is 5. The summed E-state index contributed by atoms with van der Waals surface area (Å²) in [7, 11) is 0. The molecule has 9 heteroatoms. The number of nitrogens with zero attached hydrogens (tertiary/aromatic N) is 3. The topological polar surface area (TPSA) is 78.7 Å². The van der Waals surface area contributed by atoms with Crippen LogP contribution in [0.5, 0.6) is 0 Å². The molecule has 150 valence electrons. The van der Waals surface area contributed by atoms with Crippen LogP contribution in [0.2, 0.25) is 5.02 Å². The Kier molecular flexibility index (Phi) is 5.82. The number of hydrogen-bond acceptors (Lipinski definition) is 6. The number of carbonyl (C=O) groups is 2. The van der Waals surface area contributed by atoms with Gasteiger partial charge in [0.05, 0.1) is 18.4 Å². The van der Waals surface area contributed by atoms with Crippen LogP contribution in [0.1, 0.15) is 16.2 Å². The normalized spacial score (nSPS) is 14.1. The fourth-order valence-corrected chi connectivity index (χ4v) is 3.98. The Labute approximate surface area is 176 Å². The Morgan fingerprint density at radius 2 is 1.90 bits per heavy atom. The van der Waals surface area contributed by atoms with Crippen LogP contribution in [0.4, 0.5) is 10.8 Å². The van der Waals surface area contributed by atoms with E-state index in [-0.39, 0.29) is 24.0 Å². The lowest BCUT2D eigenvalue weighted by Crippen LogP contribution is -2.49. The van der Waals surface area contributed by atoms with Gasteiger partial charge < -0.3 is 14.2 Å². The van der Waals surface area contributed by atoms with Crippen LogP contribution in [-0.2, 0) is 11.2 Å². The van der Waals surface area contributed by atoms with Gasteiger partial charge in [-0.2, -0.15) is 0 Å². The number of amides is 2. The highest BCUT2D eigenvalue weighted by molar-refractivity contribution is 7.14. The highest BCUT2D eigenvalue weighted by Crippen LogP contribution is 2.21. The minimum absolute atomic E-state index is 0.0370. The fourth-order valence-electron chi connectivity index (χ4n) is 3.14. The van der Waals surface area contributed by atoms with Gasteiger partial charge in [0.1, 0.15) is 0 Å². The number of piperazine rings is 1. The van der Waals surface area contributed by atoms with Crippen LogP contribution >= 0.6 is 22.9 Å². The Hall–Kier alpha value is -2.84. The predicted octanol–water partition coefficient (Wildman–Crippen LogP) is 3.53. The molecule has 1 aliphatic heterocycles. The number of benzene rings is 1. The maximum atomic E-state index is 12.6. The molecular formula is C20H19ClN4O3S. The zero-order valence-corrected chi connectivity index (χ0v) is 17.1. The van der Waals surface area contributed by atoms with Crippen molar-refractivity contribution >= 4 is 45.6 Å². The SMILES string of the molecule is O=C(Nc1nc(CC(=O)N2CCN(c3ccc(Cl)cc3)CC2)cs1)c1ccco1. The van der Waals surface area contributed by atoms with Crippen molar-refractivity contribution in [2.24, 2.45) is 0 Å². The summed E-state index contributed by atoms with van der Waals surface area (Å²) in [4.78, 5) is 33.1. The van der Waals surface area contributed by atoms with Crippen molar-refractivity contribution in [3.8, 4) is 0 Å². The van der Waals surface area contributed by atoms with E-state index in [0.717, 1.165) is 18.8 Å². The van der Waals surface area contributed by atoms with E-state index >= 15 is 0 Å². The van der Waals surface area contributed by atoms with Gasteiger partial charge in [0, 0.05) is 42.3 Å². The molecule has 0 saturated carbocycles. The molecule has 2 aromatic heterocycles. The van der Waals surface area contributed by atoms with Crippen LogP contribution in [0.25, 0.3) is 0 Å². The van der Waals surface area contributed by atoms with Crippen LogP contribution in [-0.4, -0.2) is 47.9 Å². The molecule has 1 aromatic carbocycles. The van der Waals surface area contributed by atoms with Gasteiger partial charge in [-0.25, -0.2) is 4.98 Å². The minimum Gasteiger partial charge on any atom is -0.459 e. The first kappa shape index (κ1) is 19.5. The fraction of sp³-hybridized carbons (Fsp3) is 0.250. The number of carbonyl (C=O) groups excluding carboxylic acids is 2. The molecule has 7 nitrogen and oxygen atoms in total. The summed E-state index contributed by atoms with van der Waals surface area (Å²) >= 11 is 7.23. The van der Waals surface area contributed by atoms with Gasteiger partial charge in [0.2, 0.25) is 5.91 Å². The van der Waals surface area contributed by atoms with E-state index in [4.69, 9.17) is 16.0 Å². The third-order valence-corrected chi connectivity index (χ3v) is 5.73. The molecule has 0 spiro atoms. The Morgan fingerprint density at radius 3 is 2.59 bits per heavy atom. The average molecular weight is 431 g/mol. The molecule has 2 amide bonds. The van der Waals surface area contributed by atoms with Crippen molar-refractivity contribution in [2.75, 3.05) is 36.4 Å². The molecule has 0 atom stereocenters. The number of hydrogen-bond donors (Lipinski definition) is 1. The average Bonchev–Trinajstić information content (AvgIpc) is 3.41. The number of thiazole rings is 1. The van der Waals surface area contributed by atoms with Gasteiger partial charge in [0.25, 0.3) is 5.91 Å². The van der Waals surface area contributed by atoms with Crippen LogP contribution in [0, 0.1) is 0 Å². The molecule has 3 heterocycles. The smallest absolute Gasteiger partial charge is 0.293 e. The number of furan rings is 1. The molecule has 1 fully saturated rings. The molecule has 0 radical (unpaired) electrons. The second kappa shape index (κ2) is 8.67. The highest BCUT2D eigenvalue weighted by atomic mass is 35.5. The summed E-state index contributed by atoms with van der Waals surface area (Å²) in [5.74, 6) is -0.105. The Bertz CT molecular complexity index is 980. The summed E-state index contributed by atoms with van der Waals surface area (Å²) < 4.78 is 5.06. The summed E-state index contributed by atoms with van der Waals surface area (Å²) in [6.07, 6.45) is 1.65. The van der Waals surface area contributed by atoms with Gasteiger partial charge in [-0.05, 0) is 36.4 Å². The lowest BCUT2D eigenvalue weighted by atomic mass is 10.2. The number of halogens is 1. The van der Waals surface area contributed by atoms with Crippen molar-refractivity contribution in [2.45, 2.75) is 6.42 Å². The maximum Gasteiger partial charge on any atom is 0.293 e. The molecule has 4 rings (SSSR count). The molecule has 0 unspecified atom stereocenters. The summed E-state index contributed by atoms with van der Waals surface area (Å²) in [6.45, 7) is 2.87. The quantitative estimate of drug-likeness (QED) is 0.669. The first-order valence-electron chi connectivity index (χ1n) is 9.16. The monoisotopic (exact) mass is 430 g/mol. The van der Waals surface area contributed by atoms with Gasteiger partial charge in [0.15, 0.2) is 10.9 Å². The lowest BCUT2D eigenvalue weighted by molar-refractivity contribution is -0.130. The van der Waals surface area contributed by atoms with Crippen molar-refractivity contribution in [1.82, 2.24) is 9.88 Å². The zero-order valence-electron chi connectivity index (χ0n) is 15.5. The lowest BCUT2D eigenvalue weighted by Gasteiger charge is -2.36. The predicted molar refractivity (Wildman–Crippen MR) is 113 cm³/mol. The third-order valence-electron chi connectivity index (χ3n) is 4.67. The van der Waals surface area contributed by atoms with E-state index in [2.05, 4.69) is 15.2 Å². The van der Waals surface area contributed by atoms with E-state index in [1.54, 1.807) is 17.5 Å². The van der Waals surface area contributed by atoms with E-state index < -0.39 is 0 Å². The van der Waals surface area contributed by atoms with Crippen molar-refractivity contribution in [3.63, 3.8) is 0 Å². The van der Waals surface area contributed by atoms with Gasteiger partial charge in [-0.3, -0.25) is 14.9 Å². The first-order chi connectivity index (χ1) is 14.1. The number of anilines is 2. The molecule has 3 aromatic rings. The van der Waals surface area contributed by atoms with Crippen molar-refractivity contribution < 1.29 is 14.0 Å². The van der Waals surface area contributed by atoms with E-state index in [1.165, 1.54) is 17.6 Å². The second-order valence-electron chi connectivity index (χ2n) is 6.60. The summed E-state index contributed by atoms with van der Waals surface area (Å²) in [6, 6.07) is 11.0. The second-order valence-corrected chi connectivity index (χ2v) is 7.89. The molecule has 29 heavy (non-hydrogen) atoms. The minimum atomic E-state index is -0.361. The summed E-state index contributed by atoms with van der Waals surface area (Å²) in [5.41, 5.74) is 1.76. The van der Waals surface area contributed by atoms with E-state index in [0.29, 0.717) is 28.9 Å². The highest BCUT2D eigenvalue weighted by Gasteiger charge is 2.22. The molecule has 1 saturated heterocycles.